The van der Waals surface area contributed by atoms with Gasteiger partial charge in [-0.3, -0.25) is 4.90 Å². The van der Waals surface area contributed by atoms with E-state index in [2.05, 4.69) is 30.0 Å². The third-order valence-corrected chi connectivity index (χ3v) is 5.11. The Morgan fingerprint density at radius 3 is 2.75 bits per heavy atom. The van der Waals surface area contributed by atoms with Gasteiger partial charge >= 0.3 is 0 Å². The van der Waals surface area contributed by atoms with Crippen LogP contribution in [0.2, 0.25) is 0 Å². The number of likely N-dealkylation sites (N-methyl/N-ethyl adjacent to an activating group) is 1. The molecule has 0 spiro atoms. The number of aryl methyl sites for hydroxylation is 1. The van der Waals surface area contributed by atoms with Crippen LogP contribution in [-0.2, 0) is 12.8 Å². The summed E-state index contributed by atoms with van der Waals surface area (Å²) in [6, 6.07) is 7.28. The second kappa shape index (κ2) is 5.38. The van der Waals surface area contributed by atoms with E-state index in [-0.39, 0.29) is 5.54 Å². The number of rotatable bonds is 5. The summed E-state index contributed by atoms with van der Waals surface area (Å²) in [5, 5.41) is 0. The predicted octanol–water partition coefficient (Wildman–Crippen LogP) is 2.37. The number of methoxy groups -OCH3 is 1. The fourth-order valence-corrected chi connectivity index (χ4v) is 3.85. The van der Waals surface area contributed by atoms with Crippen LogP contribution in [0, 0.1) is 0 Å². The normalized spacial score (nSPS) is 25.6. The van der Waals surface area contributed by atoms with Gasteiger partial charge in [-0.15, -0.1) is 0 Å². The molecule has 0 aliphatic heterocycles. The highest BCUT2D eigenvalue weighted by molar-refractivity contribution is 5.39. The molecule has 1 fully saturated rings. The van der Waals surface area contributed by atoms with E-state index in [0.717, 1.165) is 37.7 Å². The Kier molecular flexibility index (Phi) is 3.74. The molecule has 2 N–H and O–H groups in total. The van der Waals surface area contributed by atoms with Crippen LogP contribution in [0.1, 0.15) is 37.3 Å². The largest absolute Gasteiger partial charge is 0.497 e. The van der Waals surface area contributed by atoms with Crippen LogP contribution in [0.3, 0.4) is 0 Å². The van der Waals surface area contributed by atoms with Gasteiger partial charge in [-0.05, 0) is 61.9 Å². The molecule has 110 valence electrons. The van der Waals surface area contributed by atoms with Crippen molar-refractivity contribution in [2.75, 3.05) is 20.2 Å². The molecule has 3 heteroatoms. The van der Waals surface area contributed by atoms with Gasteiger partial charge in [0.15, 0.2) is 0 Å². The number of nitrogens with two attached hydrogens (primary N) is 1. The highest BCUT2D eigenvalue weighted by atomic mass is 16.5. The molecule has 0 heterocycles. The minimum absolute atomic E-state index is 0.162. The molecule has 3 rings (SSSR count). The zero-order valence-electron chi connectivity index (χ0n) is 12.7. The maximum absolute atomic E-state index is 6.24. The molecule has 3 nitrogen and oxygen atoms in total. The van der Waals surface area contributed by atoms with Crippen LogP contribution in [0.5, 0.6) is 5.75 Å². The first-order chi connectivity index (χ1) is 9.72. The van der Waals surface area contributed by atoms with E-state index in [9.17, 15) is 0 Å². The van der Waals surface area contributed by atoms with Gasteiger partial charge in [0.2, 0.25) is 0 Å². The molecule has 20 heavy (non-hydrogen) atoms. The molecular weight excluding hydrogens is 248 g/mol. The molecule has 0 radical (unpaired) electrons. The molecule has 2 aliphatic rings. The SMILES string of the molecule is CCN(C1CC1)C1(CN)CCc2ccc(OC)cc2C1. The van der Waals surface area contributed by atoms with Gasteiger partial charge in [-0.1, -0.05) is 13.0 Å². The van der Waals surface area contributed by atoms with Crippen molar-refractivity contribution in [2.24, 2.45) is 5.73 Å². The molecular formula is C17H26N2O. The lowest BCUT2D eigenvalue weighted by Gasteiger charge is -2.46. The van der Waals surface area contributed by atoms with Gasteiger partial charge < -0.3 is 10.5 Å². The molecule has 1 aromatic carbocycles. The zero-order chi connectivity index (χ0) is 14.2. The Hall–Kier alpha value is -1.06. The van der Waals surface area contributed by atoms with Gasteiger partial charge in [0, 0.05) is 18.1 Å². The minimum atomic E-state index is 0.162. The Labute approximate surface area is 122 Å². The quantitative estimate of drug-likeness (QED) is 0.896. The second-order valence-electron chi connectivity index (χ2n) is 6.26. The number of nitrogens with zero attached hydrogens (tertiary/aromatic N) is 1. The summed E-state index contributed by atoms with van der Waals surface area (Å²) < 4.78 is 5.38. The van der Waals surface area contributed by atoms with Gasteiger partial charge in [0.25, 0.3) is 0 Å². The summed E-state index contributed by atoms with van der Waals surface area (Å²) >= 11 is 0. The summed E-state index contributed by atoms with van der Waals surface area (Å²) in [6.45, 7) is 4.14. The van der Waals surface area contributed by atoms with Crippen LogP contribution in [0.15, 0.2) is 18.2 Å². The van der Waals surface area contributed by atoms with E-state index in [1.54, 1.807) is 7.11 Å². The molecule has 1 atom stereocenters. The highest BCUT2D eigenvalue weighted by Gasteiger charge is 2.44. The molecule has 0 saturated heterocycles. The molecule has 0 aromatic heterocycles. The molecule has 0 bridgehead atoms. The van der Waals surface area contributed by atoms with Crippen molar-refractivity contribution < 1.29 is 4.74 Å². The minimum Gasteiger partial charge on any atom is -0.497 e. The Balaban J connectivity index is 1.90. The van der Waals surface area contributed by atoms with Gasteiger partial charge in [0.05, 0.1) is 7.11 Å². The number of ether oxygens (including phenoxy) is 1. The van der Waals surface area contributed by atoms with Crippen molar-refractivity contribution in [3.63, 3.8) is 0 Å². The zero-order valence-corrected chi connectivity index (χ0v) is 12.7. The standard InChI is InChI=1S/C17H26N2O/c1-3-19(15-5-6-15)17(12-18)9-8-13-4-7-16(20-2)10-14(13)11-17/h4,7,10,15H,3,5-6,8-9,11-12,18H2,1-2H3. The highest BCUT2D eigenvalue weighted by Crippen LogP contribution is 2.40. The third-order valence-electron chi connectivity index (χ3n) is 5.11. The monoisotopic (exact) mass is 274 g/mol. The van der Waals surface area contributed by atoms with E-state index in [1.165, 1.54) is 30.4 Å². The van der Waals surface area contributed by atoms with E-state index >= 15 is 0 Å². The fourth-order valence-electron chi connectivity index (χ4n) is 3.85. The molecule has 2 aliphatic carbocycles. The van der Waals surface area contributed by atoms with Crippen LogP contribution in [0.25, 0.3) is 0 Å². The lowest BCUT2D eigenvalue weighted by Crippen LogP contribution is -2.57. The van der Waals surface area contributed by atoms with Crippen LogP contribution < -0.4 is 10.5 Å². The van der Waals surface area contributed by atoms with Crippen molar-refractivity contribution in [1.82, 2.24) is 4.90 Å². The molecule has 0 amide bonds. The third kappa shape index (κ3) is 2.33. The van der Waals surface area contributed by atoms with E-state index in [1.807, 2.05) is 0 Å². The summed E-state index contributed by atoms with van der Waals surface area (Å²) in [4.78, 5) is 2.68. The van der Waals surface area contributed by atoms with E-state index < -0.39 is 0 Å². The molecule has 1 unspecified atom stereocenters. The summed E-state index contributed by atoms with van der Waals surface area (Å²) in [7, 11) is 1.74. The average molecular weight is 274 g/mol. The number of hydrogen-bond donors (Lipinski definition) is 1. The number of hydrogen-bond acceptors (Lipinski definition) is 3. The molecule has 1 saturated carbocycles. The van der Waals surface area contributed by atoms with Gasteiger partial charge in [-0.25, -0.2) is 0 Å². The molecule has 1 aromatic rings. The summed E-state index contributed by atoms with van der Waals surface area (Å²) in [5.41, 5.74) is 9.30. The fraction of sp³-hybridized carbons (Fsp3) is 0.647. The first-order valence-corrected chi connectivity index (χ1v) is 7.85. The van der Waals surface area contributed by atoms with Crippen LogP contribution in [0.4, 0.5) is 0 Å². The van der Waals surface area contributed by atoms with Crippen molar-refractivity contribution in [3.8, 4) is 5.75 Å². The maximum atomic E-state index is 6.24. The average Bonchev–Trinajstić information content (AvgIpc) is 3.31. The topological polar surface area (TPSA) is 38.5 Å². The number of fused-ring (bicyclic) bond motifs is 1. The Morgan fingerprint density at radius 1 is 1.35 bits per heavy atom. The summed E-state index contributed by atoms with van der Waals surface area (Å²) in [5.74, 6) is 0.964. The number of benzene rings is 1. The van der Waals surface area contributed by atoms with Crippen LogP contribution >= 0.6 is 0 Å². The lowest BCUT2D eigenvalue weighted by atomic mass is 9.76. The Morgan fingerprint density at radius 2 is 2.15 bits per heavy atom. The van der Waals surface area contributed by atoms with E-state index in [0.29, 0.717) is 0 Å². The Bertz CT molecular complexity index is 484. The first-order valence-electron chi connectivity index (χ1n) is 7.85. The van der Waals surface area contributed by atoms with Crippen molar-refractivity contribution >= 4 is 0 Å². The summed E-state index contributed by atoms with van der Waals surface area (Å²) in [6.07, 6.45) is 6.09. The van der Waals surface area contributed by atoms with Crippen LogP contribution in [-0.4, -0.2) is 36.7 Å². The van der Waals surface area contributed by atoms with Crippen molar-refractivity contribution in [3.05, 3.63) is 29.3 Å². The van der Waals surface area contributed by atoms with Crippen molar-refractivity contribution in [1.29, 1.82) is 0 Å². The lowest BCUT2D eigenvalue weighted by molar-refractivity contribution is 0.0763. The maximum Gasteiger partial charge on any atom is 0.119 e. The van der Waals surface area contributed by atoms with Crippen molar-refractivity contribution in [2.45, 2.75) is 50.6 Å². The smallest absolute Gasteiger partial charge is 0.119 e. The van der Waals surface area contributed by atoms with E-state index in [4.69, 9.17) is 10.5 Å². The predicted molar refractivity (Wildman–Crippen MR) is 82.2 cm³/mol. The van der Waals surface area contributed by atoms with Gasteiger partial charge in [-0.2, -0.15) is 0 Å². The van der Waals surface area contributed by atoms with Gasteiger partial charge in [0.1, 0.15) is 5.75 Å². The second-order valence-corrected chi connectivity index (χ2v) is 6.26. The first kappa shape index (κ1) is 13.9.